The number of carbonyl (C=O) groups is 2. The lowest BCUT2D eigenvalue weighted by molar-refractivity contribution is -0.156. The smallest absolute Gasteiger partial charge is 0.410 e. The van der Waals surface area contributed by atoms with Gasteiger partial charge in [-0.25, -0.2) is 4.79 Å². The van der Waals surface area contributed by atoms with Crippen LogP contribution in [-0.2, 0) is 9.53 Å². The second-order valence-electron chi connectivity index (χ2n) is 11.3. The third-order valence-corrected chi connectivity index (χ3v) is 9.10. The number of ether oxygens (including phenoxy) is 1. The highest BCUT2D eigenvalue weighted by atomic mass is 16.6. The summed E-state index contributed by atoms with van der Waals surface area (Å²) >= 11 is 0. The predicted octanol–water partition coefficient (Wildman–Crippen LogP) is 3.65. The van der Waals surface area contributed by atoms with Crippen molar-refractivity contribution in [3.8, 4) is 0 Å². The van der Waals surface area contributed by atoms with Gasteiger partial charge in [-0.2, -0.15) is 0 Å². The Morgan fingerprint density at radius 2 is 1.83 bits per heavy atom. The number of Topliss-reactive ketones (excluding diaryl/α,β-unsaturated/α-hetero) is 1. The van der Waals surface area contributed by atoms with Crippen LogP contribution in [0.1, 0.15) is 52.6 Å². The van der Waals surface area contributed by atoms with Crippen molar-refractivity contribution in [3.05, 3.63) is 59.2 Å². The number of carbonyl (C=O) groups excluding carboxylic acids is 2. The molecule has 196 valence electrons. The Morgan fingerprint density at radius 3 is 2.39 bits per heavy atom. The molecule has 0 heterocycles. The van der Waals surface area contributed by atoms with Crippen molar-refractivity contribution < 1.29 is 29.6 Å². The molecule has 1 amide bonds. The van der Waals surface area contributed by atoms with Crippen molar-refractivity contribution in [2.24, 2.45) is 29.1 Å². The van der Waals surface area contributed by atoms with E-state index in [0.29, 0.717) is 11.5 Å². The number of ketones is 1. The van der Waals surface area contributed by atoms with Gasteiger partial charge in [0.05, 0.1) is 18.6 Å². The minimum absolute atomic E-state index is 0.0549. The first-order chi connectivity index (χ1) is 16.9. The Bertz CT molecular complexity index is 1080. The molecular weight excluding hydrogens is 458 g/mol. The first-order valence-corrected chi connectivity index (χ1v) is 12.8. The molecule has 0 spiro atoms. The molecule has 1 saturated carbocycles. The van der Waals surface area contributed by atoms with Gasteiger partial charge in [-0.1, -0.05) is 69.7 Å². The van der Waals surface area contributed by atoms with E-state index in [9.17, 15) is 24.9 Å². The van der Waals surface area contributed by atoms with Gasteiger partial charge in [0.25, 0.3) is 0 Å². The van der Waals surface area contributed by atoms with Gasteiger partial charge in [0.1, 0.15) is 17.5 Å². The molecular formula is C29H39NO6. The topological polar surface area (TPSA) is 107 Å². The number of nitrogens with zero attached hydrogens (tertiary/aromatic N) is 1. The van der Waals surface area contributed by atoms with E-state index < -0.39 is 42.3 Å². The van der Waals surface area contributed by atoms with Crippen LogP contribution in [0.2, 0.25) is 0 Å². The van der Waals surface area contributed by atoms with Crippen LogP contribution >= 0.6 is 0 Å². The van der Waals surface area contributed by atoms with Crippen LogP contribution in [0.3, 0.4) is 0 Å². The second kappa shape index (κ2) is 9.43. The molecule has 0 saturated heterocycles. The molecule has 3 aliphatic rings. The lowest BCUT2D eigenvalue weighted by Gasteiger charge is -2.39. The molecule has 7 nitrogen and oxygen atoms in total. The molecule has 1 aromatic rings. The maximum atomic E-state index is 13.9. The molecule has 0 radical (unpaired) electrons. The van der Waals surface area contributed by atoms with Crippen LogP contribution in [0.15, 0.2) is 53.6 Å². The summed E-state index contributed by atoms with van der Waals surface area (Å²) in [5.74, 6) is -1.42. The van der Waals surface area contributed by atoms with Crippen molar-refractivity contribution in [3.63, 3.8) is 0 Å². The van der Waals surface area contributed by atoms with Crippen molar-refractivity contribution in [2.45, 2.75) is 64.9 Å². The van der Waals surface area contributed by atoms with Gasteiger partial charge in [0.2, 0.25) is 0 Å². The van der Waals surface area contributed by atoms with Gasteiger partial charge >= 0.3 is 6.09 Å². The zero-order valence-electron chi connectivity index (χ0n) is 22.0. The van der Waals surface area contributed by atoms with E-state index in [1.165, 1.54) is 4.90 Å². The van der Waals surface area contributed by atoms with Gasteiger partial charge in [0, 0.05) is 13.0 Å². The quantitative estimate of drug-likeness (QED) is 0.518. The maximum absolute atomic E-state index is 13.9. The number of aliphatic hydroxyl groups is 3. The van der Waals surface area contributed by atoms with Crippen LogP contribution < -0.4 is 0 Å². The Morgan fingerprint density at radius 1 is 1.19 bits per heavy atom. The number of amides is 1. The molecule has 1 aromatic carbocycles. The van der Waals surface area contributed by atoms with Crippen molar-refractivity contribution >= 4 is 11.9 Å². The summed E-state index contributed by atoms with van der Waals surface area (Å²) in [7, 11) is 1.61. The number of benzene rings is 1. The number of hydrogen-bond acceptors (Lipinski definition) is 6. The van der Waals surface area contributed by atoms with E-state index in [2.05, 4.69) is 20.8 Å². The van der Waals surface area contributed by atoms with Crippen LogP contribution in [0.4, 0.5) is 4.79 Å². The Hall–Kier alpha value is -2.48. The van der Waals surface area contributed by atoms with Crippen LogP contribution in [-0.4, -0.2) is 63.6 Å². The summed E-state index contributed by atoms with van der Waals surface area (Å²) in [6, 6.07) is 9.20. The largest absolute Gasteiger partial charge is 0.438 e. The Labute approximate surface area is 213 Å². The molecule has 0 aromatic heterocycles. The summed E-state index contributed by atoms with van der Waals surface area (Å²) in [6.45, 7) is 9.41. The highest BCUT2D eigenvalue weighted by Crippen LogP contribution is 2.65. The number of fused-ring (bicyclic) bond motifs is 1. The van der Waals surface area contributed by atoms with E-state index in [1.54, 1.807) is 26.1 Å². The highest BCUT2D eigenvalue weighted by Gasteiger charge is 2.66. The SMILES string of the molecule is CC[C@@H]1[C@H]([C@@H]2C=C(CO)[C@@H](O)[C@@]3(O)C(C=C(C)[C@@H]3OC(=O)N(C)[C@@H](C)c3ccccc3)C2=O)C1(C)C. The van der Waals surface area contributed by atoms with E-state index in [-0.39, 0.29) is 28.7 Å². The number of rotatable bonds is 6. The number of allylic oxidation sites excluding steroid dienone is 1. The van der Waals surface area contributed by atoms with E-state index >= 15 is 0 Å². The van der Waals surface area contributed by atoms with E-state index in [4.69, 9.17) is 4.74 Å². The molecule has 3 aliphatic carbocycles. The van der Waals surface area contributed by atoms with E-state index in [1.807, 2.05) is 37.3 Å². The minimum Gasteiger partial charge on any atom is -0.438 e. The first-order valence-electron chi connectivity index (χ1n) is 12.8. The highest BCUT2D eigenvalue weighted by molar-refractivity contribution is 5.91. The van der Waals surface area contributed by atoms with Crippen molar-refractivity contribution in [1.82, 2.24) is 4.90 Å². The molecule has 3 N–H and O–H groups in total. The molecule has 36 heavy (non-hydrogen) atoms. The standard InChI is InChI=1S/C29H39NO6/c1-7-21-23(28(21,4)5)20-14-19(15-31)25(33)29(35)22(24(20)32)13-16(2)26(29)36-27(34)30(6)17(3)18-11-9-8-10-12-18/h8-14,17,20-23,25-26,31,33,35H,7,15H2,1-6H3/t17-,20-,21+,22?,23-,25+,26-,29-/m0/s1. The molecule has 4 rings (SSSR count). The zero-order chi connectivity index (χ0) is 26.6. The van der Waals surface area contributed by atoms with Crippen LogP contribution in [0.5, 0.6) is 0 Å². The normalized spacial score (nSPS) is 35.8. The van der Waals surface area contributed by atoms with Gasteiger partial charge in [-0.3, -0.25) is 4.79 Å². The maximum Gasteiger partial charge on any atom is 0.410 e. The van der Waals surface area contributed by atoms with Gasteiger partial charge in [-0.15, -0.1) is 0 Å². The first kappa shape index (κ1) is 26.6. The molecule has 1 unspecified atom stereocenters. The third kappa shape index (κ3) is 4.01. The summed E-state index contributed by atoms with van der Waals surface area (Å²) < 4.78 is 5.81. The molecule has 8 atom stereocenters. The minimum atomic E-state index is -2.10. The molecule has 0 aliphatic heterocycles. The summed E-state index contributed by atoms with van der Waals surface area (Å²) in [5.41, 5.74) is -0.547. The molecule has 0 bridgehead atoms. The van der Waals surface area contributed by atoms with E-state index in [0.717, 1.165) is 12.0 Å². The summed E-state index contributed by atoms with van der Waals surface area (Å²) in [6.07, 6.45) is 0.720. The Kier molecular flexibility index (Phi) is 6.97. The van der Waals surface area contributed by atoms with Gasteiger partial charge in [-0.05, 0) is 47.8 Å². The zero-order valence-corrected chi connectivity index (χ0v) is 22.0. The van der Waals surface area contributed by atoms with Gasteiger partial charge < -0.3 is 25.0 Å². The Balaban J connectivity index is 1.63. The van der Waals surface area contributed by atoms with Gasteiger partial charge in [0.15, 0.2) is 6.10 Å². The average Bonchev–Trinajstić information content (AvgIpc) is 3.35. The third-order valence-electron chi connectivity index (χ3n) is 9.10. The van der Waals surface area contributed by atoms with Crippen molar-refractivity contribution in [1.29, 1.82) is 0 Å². The molecule has 1 fully saturated rings. The fourth-order valence-electron chi connectivity index (χ4n) is 6.73. The lowest BCUT2D eigenvalue weighted by atomic mass is 9.77. The van der Waals surface area contributed by atoms with Crippen LogP contribution in [0.25, 0.3) is 0 Å². The van der Waals surface area contributed by atoms with Crippen molar-refractivity contribution in [2.75, 3.05) is 13.7 Å². The monoisotopic (exact) mass is 497 g/mol. The number of aliphatic hydroxyl groups excluding tert-OH is 2. The summed E-state index contributed by atoms with van der Waals surface area (Å²) in [5, 5.41) is 33.4. The summed E-state index contributed by atoms with van der Waals surface area (Å²) in [4.78, 5) is 28.5. The average molecular weight is 498 g/mol. The molecule has 7 heteroatoms. The number of hydrogen-bond donors (Lipinski definition) is 3. The fourth-order valence-corrected chi connectivity index (χ4v) is 6.73. The second-order valence-corrected chi connectivity index (χ2v) is 11.3. The lowest BCUT2D eigenvalue weighted by Crippen LogP contribution is -2.58. The fraction of sp³-hybridized carbons (Fsp3) is 0.586. The predicted molar refractivity (Wildman–Crippen MR) is 136 cm³/mol. The van der Waals surface area contributed by atoms with Crippen LogP contribution in [0, 0.1) is 29.1 Å².